The first-order valence-electron chi connectivity index (χ1n) is 6.64. The fraction of sp³-hybridized carbons (Fsp3) is 0.429. The van der Waals surface area contributed by atoms with E-state index in [1.807, 2.05) is 13.0 Å². The fourth-order valence-electron chi connectivity index (χ4n) is 1.84. The van der Waals surface area contributed by atoms with Gasteiger partial charge in [-0.15, -0.1) is 11.8 Å². The molecule has 1 aromatic carbocycles. The maximum atomic E-state index is 12.1. The highest BCUT2D eigenvalue weighted by atomic mass is 32.2. The Labute approximate surface area is 130 Å². The number of rotatable bonds is 7. The van der Waals surface area contributed by atoms with Crippen molar-refractivity contribution in [3.63, 3.8) is 0 Å². The molecule has 0 spiro atoms. The minimum absolute atomic E-state index is 0.0480. The molecule has 0 saturated heterocycles. The average molecular weight is 329 g/mol. The maximum Gasteiger partial charge on any atom is 0.314 e. The summed E-state index contributed by atoms with van der Waals surface area (Å²) in [7, 11) is -1.86. The second-order valence-electron chi connectivity index (χ2n) is 4.59. The average Bonchev–Trinajstić information content (AvgIpc) is 2.77. The van der Waals surface area contributed by atoms with Crippen LogP contribution in [0.3, 0.4) is 0 Å². The van der Waals surface area contributed by atoms with Crippen LogP contribution in [-0.4, -0.2) is 39.0 Å². The SMILES string of the molecule is CCOCC1SC=C(OS(=O)(=O)Cc2ccccc2)N1C. The van der Waals surface area contributed by atoms with Gasteiger partial charge in [0.25, 0.3) is 0 Å². The summed E-state index contributed by atoms with van der Waals surface area (Å²) >= 11 is 1.49. The van der Waals surface area contributed by atoms with E-state index in [1.54, 1.807) is 41.6 Å². The van der Waals surface area contributed by atoms with Crippen molar-refractivity contribution in [2.24, 2.45) is 0 Å². The number of hydrogen-bond acceptors (Lipinski definition) is 6. The molecule has 7 heteroatoms. The summed E-state index contributed by atoms with van der Waals surface area (Å²) in [4.78, 5) is 1.78. The molecule has 116 valence electrons. The Morgan fingerprint density at radius 2 is 2.00 bits per heavy atom. The van der Waals surface area contributed by atoms with Crippen LogP contribution < -0.4 is 0 Å². The molecule has 0 fully saturated rings. The van der Waals surface area contributed by atoms with Gasteiger partial charge in [-0.3, -0.25) is 0 Å². The number of nitrogens with zero attached hydrogens (tertiary/aromatic N) is 1. The smallest absolute Gasteiger partial charge is 0.314 e. The Hall–Kier alpha value is -1.18. The molecule has 1 heterocycles. The Bertz CT molecular complexity index is 586. The van der Waals surface area contributed by atoms with Crippen LogP contribution in [0.25, 0.3) is 0 Å². The minimum atomic E-state index is -3.66. The summed E-state index contributed by atoms with van der Waals surface area (Å²) in [6.45, 7) is 3.09. The highest BCUT2D eigenvalue weighted by Gasteiger charge is 2.28. The van der Waals surface area contributed by atoms with Crippen LogP contribution in [0.5, 0.6) is 0 Å². The molecule has 1 aliphatic heterocycles. The predicted octanol–water partition coefficient (Wildman–Crippen LogP) is 2.37. The number of thioether (sulfide) groups is 1. The van der Waals surface area contributed by atoms with Crippen molar-refractivity contribution in [2.45, 2.75) is 18.1 Å². The molecule has 0 radical (unpaired) electrons. The van der Waals surface area contributed by atoms with Crippen molar-refractivity contribution >= 4 is 21.9 Å². The quantitative estimate of drug-likeness (QED) is 0.716. The van der Waals surface area contributed by atoms with E-state index in [0.29, 0.717) is 24.7 Å². The lowest BCUT2D eigenvalue weighted by molar-refractivity contribution is 0.109. The minimum Gasteiger partial charge on any atom is -0.379 e. The Morgan fingerprint density at radius 3 is 2.67 bits per heavy atom. The van der Waals surface area contributed by atoms with Crippen LogP contribution in [0.4, 0.5) is 0 Å². The van der Waals surface area contributed by atoms with Crippen molar-refractivity contribution < 1.29 is 17.3 Å². The number of hydrogen-bond donors (Lipinski definition) is 0. The molecular weight excluding hydrogens is 310 g/mol. The van der Waals surface area contributed by atoms with Gasteiger partial charge in [0, 0.05) is 19.1 Å². The zero-order chi connectivity index (χ0) is 15.3. The summed E-state index contributed by atoms with van der Waals surface area (Å²) in [6, 6.07) is 8.99. The molecule has 2 rings (SSSR count). The Balaban J connectivity index is 1.95. The molecule has 0 bridgehead atoms. The van der Waals surface area contributed by atoms with E-state index < -0.39 is 10.1 Å². The lowest BCUT2D eigenvalue weighted by atomic mass is 10.2. The van der Waals surface area contributed by atoms with Gasteiger partial charge in [-0.1, -0.05) is 30.3 Å². The topological polar surface area (TPSA) is 55.8 Å². The van der Waals surface area contributed by atoms with Gasteiger partial charge in [0.15, 0.2) is 0 Å². The molecule has 1 aromatic rings. The van der Waals surface area contributed by atoms with Crippen LogP contribution >= 0.6 is 11.8 Å². The number of benzene rings is 1. The van der Waals surface area contributed by atoms with E-state index in [4.69, 9.17) is 8.92 Å². The maximum absolute atomic E-state index is 12.1. The molecular formula is C14H19NO4S2. The molecule has 0 aliphatic carbocycles. The van der Waals surface area contributed by atoms with Crippen LogP contribution in [0.1, 0.15) is 12.5 Å². The van der Waals surface area contributed by atoms with E-state index in [9.17, 15) is 8.42 Å². The largest absolute Gasteiger partial charge is 0.379 e. The van der Waals surface area contributed by atoms with Crippen LogP contribution in [0.15, 0.2) is 41.6 Å². The molecule has 1 aliphatic rings. The number of ether oxygens (including phenoxy) is 1. The van der Waals surface area contributed by atoms with E-state index in [-0.39, 0.29) is 11.1 Å². The molecule has 1 atom stereocenters. The third-order valence-electron chi connectivity index (χ3n) is 2.97. The molecule has 0 N–H and O–H groups in total. The van der Waals surface area contributed by atoms with Gasteiger partial charge >= 0.3 is 10.1 Å². The Morgan fingerprint density at radius 1 is 1.29 bits per heavy atom. The normalized spacial score (nSPS) is 18.7. The molecule has 0 aromatic heterocycles. The van der Waals surface area contributed by atoms with Crippen LogP contribution in [0, 0.1) is 0 Å². The second kappa shape index (κ2) is 7.20. The first-order chi connectivity index (χ1) is 10.0. The number of likely N-dealkylation sites (N-methyl/N-ethyl adjacent to an activating group) is 1. The predicted molar refractivity (Wildman–Crippen MR) is 83.9 cm³/mol. The van der Waals surface area contributed by atoms with Gasteiger partial charge in [-0.25, -0.2) is 0 Å². The van der Waals surface area contributed by atoms with Gasteiger partial charge < -0.3 is 13.8 Å². The van der Waals surface area contributed by atoms with E-state index >= 15 is 0 Å². The summed E-state index contributed by atoms with van der Waals surface area (Å²) in [6.07, 6.45) is 0. The third kappa shape index (κ3) is 4.66. The highest BCUT2D eigenvalue weighted by molar-refractivity contribution is 8.03. The van der Waals surface area contributed by atoms with Crippen LogP contribution in [0.2, 0.25) is 0 Å². The van der Waals surface area contributed by atoms with Crippen molar-refractivity contribution in [2.75, 3.05) is 20.3 Å². The molecule has 21 heavy (non-hydrogen) atoms. The highest BCUT2D eigenvalue weighted by Crippen LogP contribution is 2.31. The molecule has 5 nitrogen and oxygen atoms in total. The first kappa shape index (κ1) is 16.2. The monoisotopic (exact) mass is 329 g/mol. The van der Waals surface area contributed by atoms with Crippen molar-refractivity contribution in [3.8, 4) is 0 Å². The Kier molecular flexibility index (Phi) is 5.55. The van der Waals surface area contributed by atoms with E-state index in [0.717, 1.165) is 0 Å². The molecule has 1 unspecified atom stereocenters. The van der Waals surface area contributed by atoms with Crippen molar-refractivity contribution in [1.82, 2.24) is 4.90 Å². The van der Waals surface area contributed by atoms with Crippen LogP contribution in [-0.2, 0) is 24.8 Å². The third-order valence-corrected chi connectivity index (χ3v) is 5.18. The summed E-state index contributed by atoms with van der Waals surface area (Å²) in [5, 5.41) is 1.76. The standard InChI is InChI=1S/C14H19NO4S2/c1-3-18-9-14-15(2)13(10-20-14)19-21(16,17)11-12-7-5-4-6-8-12/h4-8,10,14H,3,9,11H2,1-2H3. The second-order valence-corrected chi connectivity index (χ2v) is 7.21. The van der Waals surface area contributed by atoms with Crippen molar-refractivity contribution in [3.05, 3.63) is 47.2 Å². The van der Waals surface area contributed by atoms with Gasteiger partial charge in [-0.2, -0.15) is 8.42 Å². The van der Waals surface area contributed by atoms with Gasteiger partial charge in [-0.05, 0) is 12.5 Å². The lowest BCUT2D eigenvalue weighted by Crippen LogP contribution is -2.30. The first-order valence-corrected chi connectivity index (χ1v) is 9.16. The lowest BCUT2D eigenvalue weighted by Gasteiger charge is -2.23. The zero-order valence-corrected chi connectivity index (χ0v) is 13.7. The van der Waals surface area contributed by atoms with Gasteiger partial charge in [0.05, 0.1) is 6.61 Å². The fourth-order valence-corrected chi connectivity index (χ4v) is 3.93. The molecule has 0 saturated carbocycles. The zero-order valence-electron chi connectivity index (χ0n) is 12.1. The summed E-state index contributed by atoms with van der Waals surface area (Å²) in [5.74, 6) is 0.209. The van der Waals surface area contributed by atoms with E-state index in [1.165, 1.54) is 11.8 Å². The molecule has 0 amide bonds. The summed E-state index contributed by atoms with van der Waals surface area (Å²) in [5.41, 5.74) is 0.706. The van der Waals surface area contributed by atoms with Gasteiger partial charge in [0.1, 0.15) is 11.1 Å². The summed E-state index contributed by atoms with van der Waals surface area (Å²) < 4.78 is 34.8. The van der Waals surface area contributed by atoms with Gasteiger partial charge in [0.2, 0.25) is 5.88 Å². The van der Waals surface area contributed by atoms with Crippen molar-refractivity contribution in [1.29, 1.82) is 0 Å². The van der Waals surface area contributed by atoms with E-state index in [2.05, 4.69) is 0 Å².